The van der Waals surface area contributed by atoms with Crippen LogP contribution in [-0.2, 0) is 0 Å². The SMILES string of the molecule is CC(C)CC(CO)NCC1CC=CCC1. The molecule has 0 saturated heterocycles. The normalized spacial score (nSPS) is 23.3. The molecule has 0 amide bonds. The van der Waals surface area contributed by atoms with Gasteiger partial charge in [0.2, 0.25) is 0 Å². The number of allylic oxidation sites excluding steroid dienone is 2. The number of hydrogen-bond donors (Lipinski definition) is 2. The molecule has 0 spiro atoms. The number of aliphatic hydroxyl groups excluding tert-OH is 1. The molecule has 2 heteroatoms. The molecule has 15 heavy (non-hydrogen) atoms. The standard InChI is InChI=1S/C13H25NO/c1-11(2)8-13(10-15)14-9-12-6-4-3-5-7-12/h3-4,11-15H,5-10H2,1-2H3. The summed E-state index contributed by atoms with van der Waals surface area (Å²) in [6.07, 6.45) is 9.34. The van der Waals surface area contributed by atoms with E-state index in [2.05, 4.69) is 31.3 Å². The lowest BCUT2D eigenvalue weighted by Gasteiger charge is -2.23. The molecule has 2 N–H and O–H groups in total. The van der Waals surface area contributed by atoms with Crippen molar-refractivity contribution in [3.63, 3.8) is 0 Å². The lowest BCUT2D eigenvalue weighted by atomic mass is 9.94. The van der Waals surface area contributed by atoms with E-state index in [1.165, 1.54) is 19.3 Å². The van der Waals surface area contributed by atoms with E-state index in [1.54, 1.807) is 0 Å². The Hall–Kier alpha value is -0.340. The molecule has 1 rings (SSSR count). The first kappa shape index (κ1) is 12.7. The number of aliphatic hydroxyl groups is 1. The van der Waals surface area contributed by atoms with Gasteiger partial charge in [0.15, 0.2) is 0 Å². The summed E-state index contributed by atoms with van der Waals surface area (Å²) in [7, 11) is 0. The lowest BCUT2D eigenvalue weighted by Crippen LogP contribution is -2.37. The highest BCUT2D eigenvalue weighted by molar-refractivity contribution is 4.90. The van der Waals surface area contributed by atoms with E-state index in [1.807, 2.05) is 0 Å². The fourth-order valence-electron chi connectivity index (χ4n) is 2.17. The van der Waals surface area contributed by atoms with Crippen LogP contribution in [0, 0.1) is 11.8 Å². The predicted octanol–water partition coefficient (Wildman–Crippen LogP) is 2.34. The summed E-state index contributed by atoms with van der Waals surface area (Å²) in [5.74, 6) is 1.43. The zero-order valence-electron chi connectivity index (χ0n) is 10.1. The summed E-state index contributed by atoms with van der Waals surface area (Å²) in [5.41, 5.74) is 0. The average molecular weight is 211 g/mol. The Labute approximate surface area is 93.8 Å². The second kappa shape index (κ2) is 7.02. The Morgan fingerprint density at radius 2 is 2.20 bits per heavy atom. The van der Waals surface area contributed by atoms with E-state index in [0.717, 1.165) is 18.9 Å². The quantitative estimate of drug-likeness (QED) is 0.661. The van der Waals surface area contributed by atoms with E-state index >= 15 is 0 Å². The molecular weight excluding hydrogens is 186 g/mol. The van der Waals surface area contributed by atoms with Gasteiger partial charge in [-0.05, 0) is 44.1 Å². The van der Waals surface area contributed by atoms with Crippen LogP contribution in [0.15, 0.2) is 12.2 Å². The molecule has 2 unspecified atom stereocenters. The van der Waals surface area contributed by atoms with Crippen LogP contribution in [0.25, 0.3) is 0 Å². The topological polar surface area (TPSA) is 32.3 Å². The van der Waals surface area contributed by atoms with Gasteiger partial charge in [-0.2, -0.15) is 0 Å². The molecule has 0 aromatic heterocycles. The van der Waals surface area contributed by atoms with Crippen molar-refractivity contribution in [1.29, 1.82) is 0 Å². The first-order valence-electron chi connectivity index (χ1n) is 6.21. The minimum absolute atomic E-state index is 0.265. The average Bonchev–Trinajstić information content (AvgIpc) is 2.25. The summed E-state index contributed by atoms with van der Waals surface area (Å²) in [6.45, 7) is 5.73. The molecule has 2 nitrogen and oxygen atoms in total. The fourth-order valence-corrected chi connectivity index (χ4v) is 2.17. The van der Waals surface area contributed by atoms with E-state index < -0.39 is 0 Å². The van der Waals surface area contributed by atoms with Crippen molar-refractivity contribution >= 4 is 0 Å². The first-order chi connectivity index (χ1) is 7.22. The Morgan fingerprint density at radius 1 is 1.40 bits per heavy atom. The van der Waals surface area contributed by atoms with Crippen molar-refractivity contribution in [2.75, 3.05) is 13.2 Å². The molecule has 0 aromatic rings. The molecule has 0 aromatic carbocycles. The lowest BCUT2D eigenvalue weighted by molar-refractivity contribution is 0.217. The Morgan fingerprint density at radius 3 is 2.73 bits per heavy atom. The minimum atomic E-state index is 0.265. The molecule has 1 aliphatic carbocycles. The summed E-state index contributed by atoms with van der Waals surface area (Å²) >= 11 is 0. The van der Waals surface area contributed by atoms with Crippen molar-refractivity contribution in [2.24, 2.45) is 11.8 Å². The van der Waals surface area contributed by atoms with Crippen LogP contribution in [-0.4, -0.2) is 24.3 Å². The van der Waals surface area contributed by atoms with Crippen molar-refractivity contribution < 1.29 is 5.11 Å². The summed E-state index contributed by atoms with van der Waals surface area (Å²) in [6, 6.07) is 0.288. The fraction of sp³-hybridized carbons (Fsp3) is 0.846. The van der Waals surface area contributed by atoms with E-state index in [4.69, 9.17) is 0 Å². The van der Waals surface area contributed by atoms with Gasteiger partial charge in [0.1, 0.15) is 0 Å². The smallest absolute Gasteiger partial charge is 0.0584 e. The van der Waals surface area contributed by atoms with Gasteiger partial charge >= 0.3 is 0 Å². The van der Waals surface area contributed by atoms with Crippen LogP contribution in [0.3, 0.4) is 0 Å². The van der Waals surface area contributed by atoms with Gasteiger partial charge in [-0.15, -0.1) is 0 Å². The zero-order chi connectivity index (χ0) is 11.1. The molecule has 0 bridgehead atoms. The van der Waals surface area contributed by atoms with Crippen LogP contribution >= 0.6 is 0 Å². The molecule has 2 atom stereocenters. The molecule has 0 radical (unpaired) electrons. The van der Waals surface area contributed by atoms with Gasteiger partial charge in [-0.1, -0.05) is 26.0 Å². The summed E-state index contributed by atoms with van der Waals surface area (Å²) in [4.78, 5) is 0. The maximum Gasteiger partial charge on any atom is 0.0584 e. The van der Waals surface area contributed by atoms with E-state index in [-0.39, 0.29) is 12.6 Å². The second-order valence-electron chi connectivity index (χ2n) is 5.07. The monoisotopic (exact) mass is 211 g/mol. The minimum Gasteiger partial charge on any atom is -0.395 e. The molecule has 0 aliphatic heterocycles. The van der Waals surface area contributed by atoms with Crippen LogP contribution in [0.1, 0.15) is 39.5 Å². The van der Waals surface area contributed by atoms with Crippen molar-refractivity contribution in [3.8, 4) is 0 Å². The largest absolute Gasteiger partial charge is 0.395 e. The number of nitrogens with one attached hydrogen (secondary N) is 1. The van der Waals surface area contributed by atoms with Crippen molar-refractivity contribution in [1.82, 2.24) is 5.32 Å². The first-order valence-corrected chi connectivity index (χ1v) is 6.21. The summed E-state index contributed by atoms with van der Waals surface area (Å²) in [5, 5.41) is 12.7. The molecule has 0 saturated carbocycles. The third-order valence-corrected chi connectivity index (χ3v) is 3.05. The Kier molecular flexibility index (Phi) is 5.96. The van der Waals surface area contributed by atoms with Crippen LogP contribution in [0.2, 0.25) is 0 Å². The highest BCUT2D eigenvalue weighted by Gasteiger charge is 2.13. The Bertz CT molecular complexity index is 189. The van der Waals surface area contributed by atoms with Gasteiger partial charge in [-0.3, -0.25) is 0 Å². The van der Waals surface area contributed by atoms with Gasteiger partial charge in [0, 0.05) is 6.04 Å². The van der Waals surface area contributed by atoms with Crippen molar-refractivity contribution in [3.05, 3.63) is 12.2 Å². The molecule has 1 aliphatic rings. The van der Waals surface area contributed by atoms with Gasteiger partial charge in [0.05, 0.1) is 6.61 Å². The maximum atomic E-state index is 9.23. The highest BCUT2D eigenvalue weighted by Crippen LogP contribution is 2.17. The van der Waals surface area contributed by atoms with E-state index in [0.29, 0.717) is 5.92 Å². The van der Waals surface area contributed by atoms with Crippen LogP contribution in [0.4, 0.5) is 0 Å². The van der Waals surface area contributed by atoms with Crippen LogP contribution < -0.4 is 5.32 Å². The molecule has 0 heterocycles. The van der Waals surface area contributed by atoms with Gasteiger partial charge in [0.25, 0.3) is 0 Å². The van der Waals surface area contributed by atoms with Crippen LogP contribution in [0.5, 0.6) is 0 Å². The number of hydrogen-bond acceptors (Lipinski definition) is 2. The molecular formula is C13H25NO. The maximum absolute atomic E-state index is 9.23. The van der Waals surface area contributed by atoms with Gasteiger partial charge in [-0.25, -0.2) is 0 Å². The predicted molar refractivity (Wildman–Crippen MR) is 64.8 cm³/mol. The van der Waals surface area contributed by atoms with Crippen molar-refractivity contribution in [2.45, 2.75) is 45.6 Å². The molecule has 0 fully saturated rings. The summed E-state index contributed by atoms with van der Waals surface area (Å²) < 4.78 is 0. The third-order valence-electron chi connectivity index (χ3n) is 3.05. The number of rotatable bonds is 6. The Balaban J connectivity index is 2.18. The molecule has 88 valence electrons. The highest BCUT2D eigenvalue weighted by atomic mass is 16.3. The zero-order valence-corrected chi connectivity index (χ0v) is 10.1. The van der Waals surface area contributed by atoms with E-state index in [9.17, 15) is 5.11 Å². The third kappa shape index (κ3) is 5.33. The second-order valence-corrected chi connectivity index (χ2v) is 5.07. The van der Waals surface area contributed by atoms with Gasteiger partial charge < -0.3 is 10.4 Å².